The number of carbonyl (C=O) groups excluding carboxylic acids is 1. The topological polar surface area (TPSA) is 40.4 Å². The van der Waals surface area contributed by atoms with Crippen molar-refractivity contribution < 1.29 is 9.69 Å². The number of rotatable bonds is 5. The van der Waals surface area contributed by atoms with Gasteiger partial charge >= 0.3 is 0 Å². The van der Waals surface area contributed by atoms with E-state index in [1.165, 1.54) is 22.9 Å². The third-order valence-electron chi connectivity index (χ3n) is 6.67. The lowest BCUT2D eigenvalue weighted by Gasteiger charge is -2.37. The van der Waals surface area contributed by atoms with Crippen LogP contribution in [0.2, 0.25) is 0 Å². The molecule has 0 spiro atoms. The van der Waals surface area contributed by atoms with Crippen molar-refractivity contribution in [3.8, 4) is 0 Å². The molecule has 35 heavy (non-hydrogen) atoms. The van der Waals surface area contributed by atoms with E-state index < -0.39 is 0 Å². The first-order valence-electron chi connectivity index (χ1n) is 12.1. The number of hydrogen-bond donors (Lipinski definition) is 1. The van der Waals surface area contributed by atoms with Crippen LogP contribution in [0.15, 0.2) is 94.8 Å². The van der Waals surface area contributed by atoms with Gasteiger partial charge in [0.25, 0.3) is 5.91 Å². The van der Waals surface area contributed by atoms with Gasteiger partial charge in [0.2, 0.25) is 0 Å². The SMILES string of the molecule is CN(C)c1ccc(/C=C2/SC(N3CC[NH+](C(c4ccccc4)c4ccccc4)CC3)=NC2=O)cc1. The van der Waals surface area contributed by atoms with Gasteiger partial charge in [0.15, 0.2) is 5.17 Å². The minimum atomic E-state index is -0.136. The number of quaternary nitrogens is 1. The van der Waals surface area contributed by atoms with E-state index in [1.54, 1.807) is 4.90 Å². The fraction of sp³-hybridized carbons (Fsp3) is 0.241. The summed E-state index contributed by atoms with van der Waals surface area (Å²) >= 11 is 1.50. The van der Waals surface area contributed by atoms with E-state index >= 15 is 0 Å². The van der Waals surface area contributed by atoms with Crippen LogP contribution in [0.25, 0.3) is 6.08 Å². The first-order valence-corrected chi connectivity index (χ1v) is 12.9. The Morgan fingerprint density at radius 1 is 0.886 bits per heavy atom. The number of benzene rings is 3. The fourth-order valence-corrected chi connectivity index (χ4v) is 5.75. The molecular formula is C29H31N4OS+. The lowest BCUT2D eigenvalue weighted by Crippen LogP contribution is -3.15. The maximum atomic E-state index is 12.6. The summed E-state index contributed by atoms with van der Waals surface area (Å²) in [6, 6.07) is 30.1. The Bertz CT molecular complexity index is 1180. The van der Waals surface area contributed by atoms with Gasteiger partial charge in [0.1, 0.15) is 6.04 Å². The van der Waals surface area contributed by atoms with Crippen LogP contribution < -0.4 is 9.80 Å². The molecule has 5 rings (SSSR count). The second-order valence-electron chi connectivity index (χ2n) is 9.20. The molecule has 0 aliphatic carbocycles. The van der Waals surface area contributed by atoms with Crippen LogP contribution >= 0.6 is 11.8 Å². The molecule has 1 fully saturated rings. The van der Waals surface area contributed by atoms with Crippen LogP contribution in [0.5, 0.6) is 0 Å². The van der Waals surface area contributed by atoms with Crippen LogP contribution in [0.4, 0.5) is 5.69 Å². The van der Waals surface area contributed by atoms with Gasteiger partial charge in [-0.1, -0.05) is 72.8 Å². The molecule has 6 heteroatoms. The Morgan fingerprint density at radius 3 is 2.00 bits per heavy atom. The minimum Gasteiger partial charge on any atom is -0.378 e. The molecule has 1 amide bonds. The molecule has 0 atom stereocenters. The van der Waals surface area contributed by atoms with Crippen molar-refractivity contribution in [1.82, 2.24) is 4.90 Å². The molecular weight excluding hydrogens is 452 g/mol. The summed E-state index contributed by atoms with van der Waals surface area (Å²) in [5, 5.41) is 0.834. The van der Waals surface area contributed by atoms with Crippen molar-refractivity contribution in [2.75, 3.05) is 45.2 Å². The van der Waals surface area contributed by atoms with E-state index in [1.807, 2.05) is 32.3 Å². The highest BCUT2D eigenvalue weighted by atomic mass is 32.2. The Morgan fingerprint density at radius 2 is 1.46 bits per heavy atom. The molecule has 3 aromatic carbocycles. The normalized spacial score (nSPS) is 17.8. The summed E-state index contributed by atoms with van der Waals surface area (Å²) < 4.78 is 0. The molecule has 2 aliphatic heterocycles. The van der Waals surface area contributed by atoms with E-state index in [2.05, 4.69) is 87.6 Å². The first-order chi connectivity index (χ1) is 17.1. The van der Waals surface area contributed by atoms with Crippen molar-refractivity contribution in [3.63, 3.8) is 0 Å². The molecule has 0 unspecified atom stereocenters. The van der Waals surface area contributed by atoms with Gasteiger partial charge in [-0.15, -0.1) is 0 Å². The van der Waals surface area contributed by atoms with E-state index in [0.29, 0.717) is 10.9 Å². The molecule has 178 valence electrons. The number of nitrogens with zero attached hydrogens (tertiary/aromatic N) is 3. The van der Waals surface area contributed by atoms with Crippen LogP contribution in [0.1, 0.15) is 22.7 Å². The van der Waals surface area contributed by atoms with Gasteiger partial charge in [-0.3, -0.25) is 4.79 Å². The Kier molecular flexibility index (Phi) is 7.02. The van der Waals surface area contributed by atoms with Crippen LogP contribution in [0.3, 0.4) is 0 Å². The average Bonchev–Trinajstić information content (AvgIpc) is 3.26. The highest BCUT2D eigenvalue weighted by Crippen LogP contribution is 2.31. The lowest BCUT2D eigenvalue weighted by molar-refractivity contribution is -0.929. The van der Waals surface area contributed by atoms with E-state index in [4.69, 9.17) is 0 Å². The monoisotopic (exact) mass is 483 g/mol. The zero-order chi connectivity index (χ0) is 24.2. The Balaban J connectivity index is 1.26. The van der Waals surface area contributed by atoms with Gasteiger partial charge in [-0.2, -0.15) is 4.99 Å². The molecule has 0 aromatic heterocycles. The number of nitrogens with one attached hydrogen (secondary N) is 1. The summed E-state index contributed by atoms with van der Waals surface area (Å²) in [6.45, 7) is 3.76. The zero-order valence-corrected chi connectivity index (χ0v) is 21.0. The second kappa shape index (κ2) is 10.5. The zero-order valence-electron chi connectivity index (χ0n) is 20.2. The van der Waals surface area contributed by atoms with E-state index in [9.17, 15) is 4.79 Å². The Hall–Kier alpha value is -3.35. The average molecular weight is 484 g/mol. The highest BCUT2D eigenvalue weighted by molar-refractivity contribution is 8.18. The predicted octanol–water partition coefficient (Wildman–Crippen LogP) is 3.71. The van der Waals surface area contributed by atoms with Gasteiger partial charge in [0, 0.05) is 30.9 Å². The number of amidine groups is 1. The molecule has 2 heterocycles. The molecule has 0 radical (unpaired) electrons. The van der Waals surface area contributed by atoms with Gasteiger partial charge < -0.3 is 14.7 Å². The van der Waals surface area contributed by atoms with Crippen LogP contribution in [0, 0.1) is 0 Å². The maximum Gasteiger partial charge on any atom is 0.286 e. The Labute approximate surface area is 211 Å². The summed E-state index contributed by atoms with van der Waals surface area (Å²) in [4.78, 5) is 23.6. The number of aliphatic imine (C=N–C) groups is 1. The van der Waals surface area contributed by atoms with Crippen molar-refractivity contribution >= 4 is 34.6 Å². The second-order valence-corrected chi connectivity index (χ2v) is 10.2. The third kappa shape index (κ3) is 5.34. The van der Waals surface area contributed by atoms with Crippen molar-refractivity contribution in [2.45, 2.75) is 6.04 Å². The molecule has 1 N–H and O–H groups in total. The van der Waals surface area contributed by atoms with E-state index in [-0.39, 0.29) is 5.91 Å². The predicted molar refractivity (Wildman–Crippen MR) is 146 cm³/mol. The van der Waals surface area contributed by atoms with Crippen LogP contribution in [-0.4, -0.2) is 56.2 Å². The molecule has 2 aliphatic rings. The van der Waals surface area contributed by atoms with Crippen molar-refractivity contribution in [2.24, 2.45) is 4.99 Å². The summed E-state index contributed by atoms with van der Waals surface area (Å²) in [5.74, 6) is -0.136. The number of thioether (sulfide) groups is 1. The minimum absolute atomic E-state index is 0.136. The first kappa shape index (κ1) is 23.4. The van der Waals surface area contributed by atoms with E-state index in [0.717, 1.165) is 42.6 Å². The summed E-state index contributed by atoms with van der Waals surface area (Å²) in [5.41, 5.74) is 4.84. The number of hydrogen-bond acceptors (Lipinski definition) is 4. The lowest BCUT2D eigenvalue weighted by atomic mass is 9.96. The fourth-order valence-electron chi connectivity index (χ4n) is 4.78. The van der Waals surface area contributed by atoms with Crippen molar-refractivity contribution in [1.29, 1.82) is 0 Å². The van der Waals surface area contributed by atoms with Gasteiger partial charge in [-0.25, -0.2) is 0 Å². The van der Waals surface area contributed by atoms with Crippen LogP contribution in [-0.2, 0) is 4.79 Å². The number of amides is 1. The van der Waals surface area contributed by atoms with Crippen molar-refractivity contribution in [3.05, 3.63) is 107 Å². The number of carbonyl (C=O) groups is 1. The van der Waals surface area contributed by atoms with Gasteiger partial charge in [0.05, 0.1) is 31.1 Å². The smallest absolute Gasteiger partial charge is 0.286 e. The maximum absolute atomic E-state index is 12.6. The van der Waals surface area contributed by atoms with Gasteiger partial charge in [-0.05, 0) is 35.5 Å². The molecule has 0 saturated carbocycles. The molecule has 1 saturated heterocycles. The molecule has 3 aromatic rings. The quantitative estimate of drug-likeness (QED) is 0.562. The standard InChI is InChI=1S/C29H30N4OS/c1-31(2)25-15-13-22(14-16-25)21-26-28(34)30-29(35-26)33-19-17-32(18-20-33)27(23-9-5-3-6-10-23)24-11-7-4-8-12-24/h3-16,21,27H,17-20H2,1-2H3/p+1/b26-21+. The highest BCUT2D eigenvalue weighted by Gasteiger charge is 2.33. The third-order valence-corrected chi connectivity index (χ3v) is 7.71. The number of piperazine rings is 1. The number of anilines is 1. The molecule has 0 bridgehead atoms. The largest absolute Gasteiger partial charge is 0.378 e. The summed E-state index contributed by atoms with van der Waals surface area (Å²) in [6.07, 6.45) is 1.95. The molecule has 5 nitrogen and oxygen atoms in total. The summed E-state index contributed by atoms with van der Waals surface area (Å²) in [7, 11) is 4.04.